The van der Waals surface area contributed by atoms with E-state index in [1.807, 2.05) is 25.7 Å². The number of nitrogens with one attached hydrogen (secondary N) is 1. The number of nitrogens with zero attached hydrogens (tertiary/aromatic N) is 2. The summed E-state index contributed by atoms with van der Waals surface area (Å²) >= 11 is 0. The van der Waals surface area contributed by atoms with Gasteiger partial charge in [-0.3, -0.25) is 9.59 Å². The second-order valence-corrected chi connectivity index (χ2v) is 8.46. The molecular weight excluding hydrogens is 322 g/mol. The van der Waals surface area contributed by atoms with Crippen molar-refractivity contribution in [1.82, 2.24) is 15.1 Å². The molecule has 0 unspecified atom stereocenters. The summed E-state index contributed by atoms with van der Waals surface area (Å²) in [5, 5.41) is 2.60. The summed E-state index contributed by atoms with van der Waals surface area (Å²) < 4.78 is 5.14. The van der Waals surface area contributed by atoms with E-state index in [1.165, 1.54) is 0 Å². The maximum atomic E-state index is 12.4. The third-order valence-electron chi connectivity index (χ3n) is 3.78. The number of carbonyl (C=O) groups excluding carboxylic acids is 3. The molecule has 0 aromatic carbocycles. The highest BCUT2D eigenvalue weighted by molar-refractivity contribution is 5.82. The normalized spacial score (nSPS) is 16.2. The molecule has 1 N–H and O–H groups in total. The van der Waals surface area contributed by atoms with Crippen LogP contribution in [0.2, 0.25) is 0 Å². The van der Waals surface area contributed by atoms with Crippen LogP contribution in [0.4, 0.5) is 4.79 Å². The van der Waals surface area contributed by atoms with Crippen molar-refractivity contribution in [2.45, 2.75) is 60.0 Å². The van der Waals surface area contributed by atoms with Crippen LogP contribution in [0.25, 0.3) is 0 Å². The highest BCUT2D eigenvalue weighted by atomic mass is 16.6. The fraction of sp³-hybridized carbons (Fsp3) is 0.833. The second-order valence-electron chi connectivity index (χ2n) is 8.46. The first-order valence-corrected chi connectivity index (χ1v) is 8.94. The van der Waals surface area contributed by atoms with Crippen molar-refractivity contribution in [2.75, 3.05) is 32.7 Å². The Morgan fingerprint density at radius 1 is 0.920 bits per heavy atom. The predicted molar refractivity (Wildman–Crippen MR) is 96.1 cm³/mol. The van der Waals surface area contributed by atoms with E-state index in [2.05, 4.69) is 5.32 Å². The molecule has 0 aliphatic carbocycles. The van der Waals surface area contributed by atoms with Crippen LogP contribution in [-0.2, 0) is 14.3 Å². The first-order chi connectivity index (χ1) is 11.4. The summed E-state index contributed by atoms with van der Waals surface area (Å²) in [5.74, 6) is 0.106. The number of alkyl carbamates (subject to hydrolysis) is 1. The minimum absolute atomic E-state index is 0.0129. The van der Waals surface area contributed by atoms with Crippen LogP contribution in [-0.4, -0.2) is 66.0 Å². The van der Waals surface area contributed by atoms with Crippen LogP contribution >= 0.6 is 0 Å². The average Bonchev–Trinajstić information content (AvgIpc) is 2.69. The predicted octanol–water partition coefficient (Wildman–Crippen LogP) is 2.01. The van der Waals surface area contributed by atoms with Gasteiger partial charge in [0.15, 0.2) is 0 Å². The minimum Gasteiger partial charge on any atom is -0.444 e. The zero-order valence-corrected chi connectivity index (χ0v) is 16.5. The molecule has 0 aromatic rings. The quantitative estimate of drug-likeness (QED) is 0.840. The van der Waals surface area contributed by atoms with Crippen LogP contribution in [0.15, 0.2) is 0 Å². The number of hydrogen-bond acceptors (Lipinski definition) is 4. The molecule has 0 bridgehead atoms. The van der Waals surface area contributed by atoms with E-state index < -0.39 is 17.1 Å². The van der Waals surface area contributed by atoms with Gasteiger partial charge in [-0.1, -0.05) is 20.8 Å². The highest BCUT2D eigenvalue weighted by Crippen LogP contribution is 2.18. The van der Waals surface area contributed by atoms with Gasteiger partial charge in [0.05, 0.1) is 0 Å². The molecule has 1 aliphatic heterocycles. The van der Waals surface area contributed by atoms with Crippen molar-refractivity contribution in [2.24, 2.45) is 5.41 Å². The third kappa shape index (κ3) is 7.75. The Morgan fingerprint density at radius 2 is 1.48 bits per heavy atom. The average molecular weight is 355 g/mol. The van der Waals surface area contributed by atoms with Crippen molar-refractivity contribution in [3.63, 3.8) is 0 Å². The van der Waals surface area contributed by atoms with Crippen molar-refractivity contribution in [1.29, 1.82) is 0 Å². The van der Waals surface area contributed by atoms with E-state index in [9.17, 15) is 14.4 Å². The molecule has 0 atom stereocenters. The summed E-state index contributed by atoms with van der Waals surface area (Å²) in [6.45, 7) is 13.7. The van der Waals surface area contributed by atoms with Gasteiger partial charge in [0.1, 0.15) is 5.60 Å². The maximum absolute atomic E-state index is 12.4. The molecule has 25 heavy (non-hydrogen) atoms. The monoisotopic (exact) mass is 355 g/mol. The number of amides is 3. The zero-order chi connectivity index (χ0) is 19.3. The molecule has 3 amide bonds. The van der Waals surface area contributed by atoms with E-state index >= 15 is 0 Å². The van der Waals surface area contributed by atoms with Gasteiger partial charge in [-0.25, -0.2) is 4.79 Å². The molecular formula is C18H33N3O4. The molecule has 0 aromatic heterocycles. The third-order valence-corrected chi connectivity index (χ3v) is 3.78. The first kappa shape index (κ1) is 21.3. The lowest BCUT2D eigenvalue weighted by Gasteiger charge is -2.28. The van der Waals surface area contributed by atoms with Gasteiger partial charge in [0.2, 0.25) is 11.8 Å². The largest absolute Gasteiger partial charge is 0.444 e. The van der Waals surface area contributed by atoms with E-state index in [1.54, 1.807) is 25.7 Å². The second kappa shape index (κ2) is 8.54. The summed E-state index contributed by atoms with van der Waals surface area (Å²) in [6, 6.07) is 0. The molecule has 7 heteroatoms. The lowest BCUT2D eigenvalue weighted by atomic mass is 9.94. The van der Waals surface area contributed by atoms with Crippen molar-refractivity contribution >= 4 is 17.9 Å². The summed E-state index contributed by atoms with van der Waals surface area (Å²) in [6.07, 6.45) is 0.484. The Hall–Kier alpha value is -1.79. The molecule has 1 aliphatic rings. The molecule has 7 nitrogen and oxygen atoms in total. The molecule has 0 spiro atoms. The van der Waals surface area contributed by atoms with Gasteiger partial charge in [-0.2, -0.15) is 0 Å². The van der Waals surface area contributed by atoms with Crippen molar-refractivity contribution in [3.8, 4) is 0 Å². The van der Waals surface area contributed by atoms with Crippen LogP contribution in [0.3, 0.4) is 0 Å². The first-order valence-electron chi connectivity index (χ1n) is 8.94. The van der Waals surface area contributed by atoms with Gasteiger partial charge in [-0.15, -0.1) is 0 Å². The highest BCUT2D eigenvalue weighted by Gasteiger charge is 2.29. The van der Waals surface area contributed by atoms with Crippen molar-refractivity contribution in [3.05, 3.63) is 0 Å². The number of rotatable bonds is 3. The fourth-order valence-corrected chi connectivity index (χ4v) is 2.59. The summed E-state index contributed by atoms with van der Waals surface area (Å²) in [4.78, 5) is 39.9. The van der Waals surface area contributed by atoms with Crippen LogP contribution in [0.5, 0.6) is 0 Å². The van der Waals surface area contributed by atoms with E-state index in [0.717, 1.165) is 6.42 Å². The SMILES string of the molecule is CC(C)(C)OC(=O)NCCC(=O)N1CCCN(C(=O)C(C)(C)C)CC1. The van der Waals surface area contributed by atoms with Crippen LogP contribution in [0.1, 0.15) is 54.4 Å². The van der Waals surface area contributed by atoms with Gasteiger partial charge >= 0.3 is 6.09 Å². The van der Waals surface area contributed by atoms with Crippen LogP contribution in [0, 0.1) is 5.41 Å². The van der Waals surface area contributed by atoms with Gasteiger partial charge in [-0.05, 0) is 27.2 Å². The Kier molecular flexibility index (Phi) is 7.26. The Labute approximate surface area is 151 Å². The molecule has 0 saturated carbocycles. The van der Waals surface area contributed by atoms with E-state index in [0.29, 0.717) is 26.2 Å². The summed E-state index contributed by atoms with van der Waals surface area (Å²) in [7, 11) is 0. The minimum atomic E-state index is -0.554. The standard InChI is InChI=1S/C18H33N3O4/c1-17(2,3)15(23)21-11-7-10-20(12-13-21)14(22)8-9-19-16(24)25-18(4,5)6/h7-13H2,1-6H3,(H,19,24). The molecule has 1 saturated heterocycles. The topological polar surface area (TPSA) is 79.0 Å². The molecule has 1 heterocycles. The molecule has 0 radical (unpaired) electrons. The molecule has 1 rings (SSSR count). The van der Waals surface area contributed by atoms with E-state index in [-0.39, 0.29) is 24.8 Å². The van der Waals surface area contributed by atoms with Crippen LogP contribution < -0.4 is 5.32 Å². The van der Waals surface area contributed by atoms with Gasteiger partial charge in [0, 0.05) is 44.6 Å². The summed E-state index contributed by atoms with van der Waals surface area (Å²) in [5.41, 5.74) is -0.960. The number of ether oxygens (including phenoxy) is 1. The lowest BCUT2D eigenvalue weighted by Crippen LogP contribution is -2.42. The van der Waals surface area contributed by atoms with E-state index in [4.69, 9.17) is 4.74 Å². The fourth-order valence-electron chi connectivity index (χ4n) is 2.59. The Balaban J connectivity index is 2.40. The Morgan fingerprint density at radius 3 is 2.04 bits per heavy atom. The Bertz CT molecular complexity index is 492. The maximum Gasteiger partial charge on any atom is 0.407 e. The molecule has 144 valence electrons. The zero-order valence-electron chi connectivity index (χ0n) is 16.5. The van der Waals surface area contributed by atoms with Crippen molar-refractivity contribution < 1.29 is 19.1 Å². The number of hydrogen-bond donors (Lipinski definition) is 1. The van der Waals surface area contributed by atoms with Gasteiger partial charge in [0.25, 0.3) is 0 Å². The lowest BCUT2D eigenvalue weighted by molar-refractivity contribution is -0.139. The molecule has 1 fully saturated rings. The smallest absolute Gasteiger partial charge is 0.407 e. The van der Waals surface area contributed by atoms with Gasteiger partial charge < -0.3 is 19.9 Å². The number of carbonyl (C=O) groups is 3.